The molecule has 0 fully saturated rings. The summed E-state index contributed by atoms with van der Waals surface area (Å²) in [6.07, 6.45) is 0. The quantitative estimate of drug-likeness (QED) is 0.724. The second-order valence-corrected chi connectivity index (χ2v) is 5.55. The average molecular weight is 354 g/mol. The number of aromatic nitrogens is 4. The van der Waals surface area contributed by atoms with Crippen molar-refractivity contribution in [1.82, 2.24) is 20.2 Å². The molecule has 2 aromatic carbocycles. The van der Waals surface area contributed by atoms with E-state index in [1.807, 2.05) is 0 Å². The van der Waals surface area contributed by atoms with Crippen LogP contribution in [0, 0.1) is 5.82 Å². The summed E-state index contributed by atoms with van der Waals surface area (Å²) in [5.41, 5.74) is 6.61. The lowest BCUT2D eigenvalue weighted by molar-refractivity contribution is -0.119. The number of primary amides is 1. The van der Waals surface area contributed by atoms with Crippen molar-refractivity contribution in [3.8, 4) is 11.4 Å². The molecule has 0 aliphatic heterocycles. The van der Waals surface area contributed by atoms with Gasteiger partial charge in [-0.1, -0.05) is 0 Å². The number of hydrogen-bond donors (Lipinski definition) is 2. The van der Waals surface area contributed by atoms with Crippen molar-refractivity contribution < 1.29 is 14.0 Å². The molecule has 1 atom stereocenters. The minimum Gasteiger partial charge on any atom is -0.366 e. The molecule has 3 N–H and O–H groups in total. The minimum absolute atomic E-state index is 0.287. The summed E-state index contributed by atoms with van der Waals surface area (Å²) in [6, 6.07) is 11.1. The molecule has 0 aliphatic carbocycles. The molecule has 1 aromatic heterocycles. The van der Waals surface area contributed by atoms with Gasteiger partial charge in [-0.25, -0.2) is 4.39 Å². The maximum Gasteiger partial charge on any atom is 0.250 e. The summed E-state index contributed by atoms with van der Waals surface area (Å²) in [5.74, 6) is -0.983. The van der Waals surface area contributed by atoms with Crippen molar-refractivity contribution >= 4 is 17.5 Å². The Hall–Kier alpha value is -3.62. The molecule has 1 unspecified atom stereocenters. The van der Waals surface area contributed by atoms with Crippen molar-refractivity contribution in [2.75, 3.05) is 5.32 Å². The standard InChI is InChI=1S/C17H15FN6O2/c1-10(17(26)20-14-8-4-11(5-9-14)15(19)25)24-22-16(21-23-24)12-2-6-13(18)7-3-12/h2-10H,1H3,(H2,19,25)(H,20,26). The van der Waals surface area contributed by atoms with E-state index in [0.29, 0.717) is 16.8 Å². The van der Waals surface area contributed by atoms with Gasteiger partial charge in [-0.3, -0.25) is 9.59 Å². The van der Waals surface area contributed by atoms with E-state index in [2.05, 4.69) is 20.7 Å². The number of anilines is 1. The Labute approximate surface area is 147 Å². The van der Waals surface area contributed by atoms with E-state index >= 15 is 0 Å². The molecule has 0 spiro atoms. The molecule has 1 heterocycles. The van der Waals surface area contributed by atoms with Crippen molar-refractivity contribution in [1.29, 1.82) is 0 Å². The Morgan fingerprint density at radius 1 is 1.12 bits per heavy atom. The first-order chi connectivity index (χ1) is 12.4. The normalized spacial score (nSPS) is 11.8. The monoisotopic (exact) mass is 354 g/mol. The third-order valence-corrected chi connectivity index (χ3v) is 3.69. The first kappa shape index (κ1) is 17.2. The van der Waals surface area contributed by atoms with Gasteiger partial charge in [0.2, 0.25) is 11.7 Å². The predicted molar refractivity (Wildman–Crippen MR) is 91.5 cm³/mol. The van der Waals surface area contributed by atoms with E-state index in [4.69, 9.17) is 5.73 Å². The first-order valence-corrected chi connectivity index (χ1v) is 7.70. The number of carbonyl (C=O) groups is 2. The number of tetrazole rings is 1. The largest absolute Gasteiger partial charge is 0.366 e. The van der Waals surface area contributed by atoms with Gasteiger partial charge < -0.3 is 11.1 Å². The average Bonchev–Trinajstić information content (AvgIpc) is 3.12. The number of hydrogen-bond acceptors (Lipinski definition) is 5. The first-order valence-electron chi connectivity index (χ1n) is 7.70. The van der Waals surface area contributed by atoms with Crippen LogP contribution in [0.15, 0.2) is 48.5 Å². The summed E-state index contributed by atoms with van der Waals surface area (Å²) < 4.78 is 13.0. The van der Waals surface area contributed by atoms with Gasteiger partial charge in [-0.05, 0) is 60.7 Å². The van der Waals surface area contributed by atoms with E-state index in [-0.39, 0.29) is 17.5 Å². The SMILES string of the molecule is CC(C(=O)Nc1ccc(C(N)=O)cc1)n1nnc(-c2ccc(F)cc2)n1. The number of amides is 2. The number of nitrogens with two attached hydrogens (primary N) is 1. The van der Waals surface area contributed by atoms with Gasteiger partial charge in [-0.15, -0.1) is 10.2 Å². The second-order valence-electron chi connectivity index (χ2n) is 5.55. The molecule has 26 heavy (non-hydrogen) atoms. The van der Waals surface area contributed by atoms with Crippen LogP contribution in [0.4, 0.5) is 10.1 Å². The Morgan fingerprint density at radius 2 is 1.77 bits per heavy atom. The van der Waals surface area contributed by atoms with Crippen LogP contribution in [-0.2, 0) is 4.79 Å². The molecule has 2 amide bonds. The minimum atomic E-state index is -0.729. The summed E-state index contributed by atoms with van der Waals surface area (Å²) in [5, 5.41) is 14.6. The lowest BCUT2D eigenvalue weighted by atomic mass is 10.2. The van der Waals surface area contributed by atoms with Crippen LogP contribution in [0.5, 0.6) is 0 Å². The van der Waals surface area contributed by atoms with Crippen LogP contribution in [0.25, 0.3) is 11.4 Å². The number of benzene rings is 2. The number of rotatable bonds is 5. The molecule has 8 nitrogen and oxygen atoms in total. The Morgan fingerprint density at radius 3 is 2.38 bits per heavy atom. The summed E-state index contributed by atoms with van der Waals surface area (Å²) in [7, 11) is 0. The molecule has 9 heteroatoms. The molecule has 0 aliphatic rings. The summed E-state index contributed by atoms with van der Waals surface area (Å²) >= 11 is 0. The van der Waals surface area contributed by atoms with Gasteiger partial charge in [0.1, 0.15) is 11.9 Å². The zero-order valence-electron chi connectivity index (χ0n) is 13.8. The third kappa shape index (κ3) is 3.72. The molecule has 0 radical (unpaired) electrons. The third-order valence-electron chi connectivity index (χ3n) is 3.69. The fraction of sp³-hybridized carbons (Fsp3) is 0.118. The summed E-state index contributed by atoms with van der Waals surface area (Å²) in [4.78, 5) is 24.6. The highest BCUT2D eigenvalue weighted by molar-refractivity contribution is 5.95. The van der Waals surface area contributed by atoms with Gasteiger partial charge in [0, 0.05) is 16.8 Å². The van der Waals surface area contributed by atoms with E-state index in [1.165, 1.54) is 41.2 Å². The van der Waals surface area contributed by atoms with Crippen LogP contribution < -0.4 is 11.1 Å². The molecule has 0 saturated carbocycles. The van der Waals surface area contributed by atoms with Crippen molar-refractivity contribution in [3.63, 3.8) is 0 Å². The Balaban J connectivity index is 1.70. The van der Waals surface area contributed by atoms with Crippen LogP contribution in [0.2, 0.25) is 0 Å². The van der Waals surface area contributed by atoms with Crippen LogP contribution in [-0.4, -0.2) is 32.0 Å². The van der Waals surface area contributed by atoms with Crippen LogP contribution in [0.3, 0.4) is 0 Å². The van der Waals surface area contributed by atoms with E-state index < -0.39 is 11.9 Å². The molecule has 0 saturated heterocycles. The van der Waals surface area contributed by atoms with Gasteiger partial charge in [0.15, 0.2) is 0 Å². The number of nitrogens with zero attached hydrogens (tertiary/aromatic N) is 4. The Kier molecular flexibility index (Phi) is 4.70. The maximum atomic E-state index is 13.0. The lowest BCUT2D eigenvalue weighted by Crippen LogP contribution is -2.25. The van der Waals surface area contributed by atoms with E-state index in [1.54, 1.807) is 19.1 Å². The van der Waals surface area contributed by atoms with Gasteiger partial charge in [0.25, 0.3) is 5.91 Å². The van der Waals surface area contributed by atoms with Gasteiger partial charge in [-0.2, -0.15) is 4.80 Å². The van der Waals surface area contributed by atoms with Crippen LogP contribution >= 0.6 is 0 Å². The molecule has 3 aromatic rings. The topological polar surface area (TPSA) is 116 Å². The number of nitrogens with one attached hydrogen (secondary N) is 1. The fourth-order valence-corrected chi connectivity index (χ4v) is 2.17. The molecule has 0 bridgehead atoms. The zero-order chi connectivity index (χ0) is 18.7. The lowest BCUT2D eigenvalue weighted by Gasteiger charge is -2.11. The van der Waals surface area contributed by atoms with Crippen molar-refractivity contribution in [2.45, 2.75) is 13.0 Å². The van der Waals surface area contributed by atoms with E-state index in [9.17, 15) is 14.0 Å². The molecule has 132 valence electrons. The second kappa shape index (κ2) is 7.09. The van der Waals surface area contributed by atoms with Gasteiger partial charge >= 0.3 is 0 Å². The summed E-state index contributed by atoms with van der Waals surface area (Å²) in [6.45, 7) is 1.61. The van der Waals surface area contributed by atoms with Crippen molar-refractivity contribution in [2.24, 2.45) is 5.73 Å². The van der Waals surface area contributed by atoms with E-state index in [0.717, 1.165) is 0 Å². The molecule has 3 rings (SSSR count). The Bertz CT molecular complexity index is 937. The van der Waals surface area contributed by atoms with Crippen LogP contribution in [0.1, 0.15) is 23.3 Å². The highest BCUT2D eigenvalue weighted by Crippen LogP contribution is 2.16. The smallest absolute Gasteiger partial charge is 0.250 e. The highest BCUT2D eigenvalue weighted by atomic mass is 19.1. The highest BCUT2D eigenvalue weighted by Gasteiger charge is 2.19. The number of carbonyl (C=O) groups excluding carboxylic acids is 2. The predicted octanol–water partition coefficient (Wildman–Crippen LogP) is 1.78. The maximum absolute atomic E-state index is 13.0. The molecular weight excluding hydrogens is 339 g/mol. The fourth-order valence-electron chi connectivity index (χ4n) is 2.17. The zero-order valence-corrected chi connectivity index (χ0v) is 13.8. The number of halogens is 1. The molecular formula is C17H15FN6O2. The van der Waals surface area contributed by atoms with Crippen molar-refractivity contribution in [3.05, 3.63) is 59.9 Å². The van der Waals surface area contributed by atoms with Gasteiger partial charge in [0.05, 0.1) is 0 Å².